The second-order valence-corrected chi connectivity index (χ2v) is 8.68. The summed E-state index contributed by atoms with van der Waals surface area (Å²) in [6.07, 6.45) is 1.94. The molecule has 2 aromatic rings. The van der Waals surface area contributed by atoms with Crippen LogP contribution >= 0.6 is 22.9 Å². The second kappa shape index (κ2) is 5.85. The third-order valence-electron chi connectivity index (χ3n) is 3.19. The van der Waals surface area contributed by atoms with Gasteiger partial charge in [-0.2, -0.15) is 0 Å². The van der Waals surface area contributed by atoms with Crippen LogP contribution in [0.5, 0.6) is 0 Å². The van der Waals surface area contributed by atoms with E-state index in [1.165, 1.54) is 15.7 Å². The summed E-state index contributed by atoms with van der Waals surface area (Å²) in [7, 11) is -3.83. The number of sulfonamides is 1. The fourth-order valence-corrected chi connectivity index (χ4v) is 4.95. The highest BCUT2D eigenvalue weighted by molar-refractivity contribution is 7.89. The minimum Gasteiger partial charge on any atom is -0.396 e. The summed E-state index contributed by atoms with van der Waals surface area (Å²) in [5.74, 6) is 0. The molecule has 0 aliphatic rings. The van der Waals surface area contributed by atoms with Gasteiger partial charge >= 0.3 is 0 Å². The number of thiazole rings is 1. The molecule has 118 valence electrons. The molecule has 6 nitrogen and oxygen atoms in total. The summed E-state index contributed by atoms with van der Waals surface area (Å²) < 4.78 is 29.3. The van der Waals surface area contributed by atoms with E-state index in [-0.39, 0.29) is 22.2 Å². The van der Waals surface area contributed by atoms with Gasteiger partial charge in [-0.15, -0.1) is 11.3 Å². The molecule has 0 amide bonds. The molecular weight excluding hydrogens is 334 g/mol. The molecule has 0 saturated carbocycles. The minimum absolute atomic E-state index is 0.0500. The molecule has 0 saturated heterocycles. The lowest BCUT2D eigenvalue weighted by Gasteiger charge is -2.30. The van der Waals surface area contributed by atoms with E-state index in [2.05, 4.69) is 9.71 Å². The quantitative estimate of drug-likeness (QED) is 0.864. The van der Waals surface area contributed by atoms with Gasteiger partial charge < -0.3 is 5.11 Å². The SMILES string of the molecule is CC(C)(C)C(CCO)NS(=O)(=O)c1c(Cl)nc2sccn12. The normalized spacial score (nSPS) is 14.7. The standard InChI is InChI=1S/C12H18ClN3O3S2/c1-12(2,3)8(4-6-17)15-21(18,19)10-9(13)14-11-16(10)5-7-20-11/h5,7-8,15,17H,4,6H2,1-3H3. The zero-order chi connectivity index (χ0) is 15.8. The largest absolute Gasteiger partial charge is 0.396 e. The Morgan fingerprint density at radius 3 is 2.76 bits per heavy atom. The lowest BCUT2D eigenvalue weighted by atomic mass is 9.86. The fraction of sp³-hybridized carbons (Fsp3) is 0.583. The van der Waals surface area contributed by atoms with E-state index in [1.54, 1.807) is 11.6 Å². The van der Waals surface area contributed by atoms with E-state index in [0.29, 0.717) is 11.4 Å². The first kappa shape index (κ1) is 16.7. The maximum absolute atomic E-state index is 12.6. The number of halogens is 1. The Hall–Kier alpha value is -0.670. The van der Waals surface area contributed by atoms with Crippen molar-refractivity contribution >= 4 is 37.9 Å². The average Bonchev–Trinajstić information content (AvgIpc) is 2.85. The molecule has 0 aromatic carbocycles. The first-order valence-corrected chi connectivity index (χ1v) is 9.15. The van der Waals surface area contributed by atoms with Crippen LogP contribution < -0.4 is 4.72 Å². The summed E-state index contributed by atoms with van der Waals surface area (Å²) in [5, 5.41) is 10.8. The van der Waals surface area contributed by atoms with Crippen LogP contribution in [0.1, 0.15) is 27.2 Å². The lowest BCUT2D eigenvalue weighted by Crippen LogP contribution is -2.44. The van der Waals surface area contributed by atoms with Crippen LogP contribution in [0, 0.1) is 5.41 Å². The summed E-state index contributed by atoms with van der Waals surface area (Å²) in [4.78, 5) is 4.56. The number of aliphatic hydroxyl groups excluding tert-OH is 1. The number of hydrogen-bond donors (Lipinski definition) is 2. The Morgan fingerprint density at radius 2 is 2.19 bits per heavy atom. The van der Waals surface area contributed by atoms with Crippen LogP contribution in [0.4, 0.5) is 0 Å². The minimum atomic E-state index is -3.83. The van der Waals surface area contributed by atoms with Crippen molar-refractivity contribution in [3.05, 3.63) is 16.7 Å². The van der Waals surface area contributed by atoms with Crippen molar-refractivity contribution in [3.8, 4) is 0 Å². The summed E-state index contributed by atoms with van der Waals surface area (Å²) >= 11 is 7.28. The summed E-state index contributed by atoms with van der Waals surface area (Å²) in [5.41, 5.74) is -0.333. The van der Waals surface area contributed by atoms with Gasteiger partial charge in [-0.1, -0.05) is 32.4 Å². The maximum atomic E-state index is 12.6. The van der Waals surface area contributed by atoms with E-state index < -0.39 is 16.1 Å². The van der Waals surface area contributed by atoms with Gasteiger partial charge in [-0.3, -0.25) is 4.40 Å². The highest BCUT2D eigenvalue weighted by Gasteiger charge is 2.32. The predicted molar refractivity (Wildman–Crippen MR) is 83.3 cm³/mol. The van der Waals surface area contributed by atoms with Gasteiger partial charge in [0.2, 0.25) is 0 Å². The van der Waals surface area contributed by atoms with Gasteiger partial charge in [0.1, 0.15) is 0 Å². The number of hydrogen-bond acceptors (Lipinski definition) is 5. The zero-order valence-electron chi connectivity index (χ0n) is 12.0. The Kier molecular flexibility index (Phi) is 4.65. The first-order valence-electron chi connectivity index (χ1n) is 6.41. The van der Waals surface area contributed by atoms with Crippen molar-refractivity contribution in [2.45, 2.75) is 38.3 Å². The van der Waals surface area contributed by atoms with Crippen LogP contribution in [-0.4, -0.2) is 35.6 Å². The molecule has 0 radical (unpaired) electrons. The molecule has 9 heteroatoms. The number of aliphatic hydroxyl groups is 1. The van der Waals surface area contributed by atoms with Crippen molar-refractivity contribution in [1.29, 1.82) is 0 Å². The molecule has 2 N–H and O–H groups in total. The molecule has 0 spiro atoms. The van der Waals surface area contributed by atoms with Crippen molar-refractivity contribution in [2.24, 2.45) is 5.41 Å². The third-order valence-corrected chi connectivity index (χ3v) is 5.82. The number of nitrogens with zero attached hydrogens (tertiary/aromatic N) is 2. The van der Waals surface area contributed by atoms with E-state index in [4.69, 9.17) is 16.7 Å². The van der Waals surface area contributed by atoms with Crippen molar-refractivity contribution in [1.82, 2.24) is 14.1 Å². The van der Waals surface area contributed by atoms with Crippen LogP contribution in [0.15, 0.2) is 16.6 Å². The van der Waals surface area contributed by atoms with Gasteiger partial charge in [0.25, 0.3) is 10.0 Å². The predicted octanol–water partition coefficient (Wildman–Crippen LogP) is 2.12. The second-order valence-electron chi connectivity index (χ2n) is 5.82. The molecule has 2 aromatic heterocycles. The Balaban J connectivity index is 2.42. The highest BCUT2D eigenvalue weighted by atomic mass is 35.5. The zero-order valence-corrected chi connectivity index (χ0v) is 14.4. The van der Waals surface area contributed by atoms with Gasteiger partial charge in [0.15, 0.2) is 15.1 Å². The van der Waals surface area contributed by atoms with Crippen molar-refractivity contribution < 1.29 is 13.5 Å². The monoisotopic (exact) mass is 351 g/mol. The summed E-state index contributed by atoms with van der Waals surface area (Å²) in [6.45, 7) is 5.63. The first-order chi connectivity index (χ1) is 9.66. The number of aromatic nitrogens is 2. The molecule has 2 rings (SSSR count). The molecule has 1 atom stereocenters. The van der Waals surface area contributed by atoms with Crippen molar-refractivity contribution in [2.75, 3.05) is 6.61 Å². The fourth-order valence-electron chi connectivity index (χ4n) is 2.02. The molecule has 2 heterocycles. The molecule has 21 heavy (non-hydrogen) atoms. The smallest absolute Gasteiger partial charge is 0.260 e. The van der Waals surface area contributed by atoms with Crippen LogP contribution in [0.2, 0.25) is 5.15 Å². The van der Waals surface area contributed by atoms with Crippen LogP contribution in [-0.2, 0) is 10.0 Å². The summed E-state index contributed by atoms with van der Waals surface area (Å²) in [6, 6.07) is -0.409. The highest BCUT2D eigenvalue weighted by Crippen LogP contribution is 2.28. The van der Waals surface area contributed by atoms with Crippen molar-refractivity contribution in [3.63, 3.8) is 0 Å². The van der Waals surface area contributed by atoms with Gasteiger partial charge in [0.05, 0.1) is 0 Å². The molecular formula is C12H18ClN3O3S2. The number of imidazole rings is 1. The number of nitrogens with one attached hydrogen (secondary N) is 1. The van der Waals surface area contributed by atoms with Gasteiger partial charge in [0, 0.05) is 24.2 Å². The Morgan fingerprint density at radius 1 is 1.52 bits per heavy atom. The third kappa shape index (κ3) is 3.40. The van der Waals surface area contributed by atoms with E-state index >= 15 is 0 Å². The number of fused-ring (bicyclic) bond motifs is 1. The van der Waals surface area contributed by atoms with Gasteiger partial charge in [-0.25, -0.2) is 18.1 Å². The van der Waals surface area contributed by atoms with Gasteiger partial charge in [-0.05, 0) is 11.8 Å². The van der Waals surface area contributed by atoms with Crippen LogP contribution in [0.25, 0.3) is 4.96 Å². The maximum Gasteiger partial charge on any atom is 0.260 e. The molecule has 0 bridgehead atoms. The Labute approximate surface area is 132 Å². The van der Waals surface area contributed by atoms with Crippen LogP contribution in [0.3, 0.4) is 0 Å². The molecule has 0 aliphatic heterocycles. The average molecular weight is 352 g/mol. The number of rotatable bonds is 5. The Bertz CT molecular complexity index is 731. The lowest BCUT2D eigenvalue weighted by molar-refractivity contribution is 0.214. The van der Waals surface area contributed by atoms with E-state index in [1.807, 2.05) is 20.8 Å². The van der Waals surface area contributed by atoms with E-state index in [9.17, 15) is 8.42 Å². The molecule has 0 aliphatic carbocycles. The van der Waals surface area contributed by atoms with E-state index in [0.717, 1.165) is 0 Å². The topological polar surface area (TPSA) is 83.7 Å². The molecule has 1 unspecified atom stereocenters. The molecule has 0 fully saturated rings.